The first-order valence-corrected chi connectivity index (χ1v) is 3.75. The van der Waals surface area contributed by atoms with E-state index >= 15 is 0 Å². The van der Waals surface area contributed by atoms with Crippen molar-refractivity contribution >= 4 is 12.3 Å². The number of allylic oxidation sites excluding steroid dienone is 1. The zero-order chi connectivity index (χ0) is 8.97. The largest absolute Gasteiger partial charge is 0.404 e. The van der Waals surface area contributed by atoms with Crippen molar-refractivity contribution in [2.45, 2.75) is 6.92 Å². The van der Waals surface area contributed by atoms with E-state index in [4.69, 9.17) is 5.73 Å². The zero-order valence-corrected chi connectivity index (χ0v) is 7.12. The maximum absolute atomic E-state index is 5.43. The molecule has 1 aromatic rings. The Labute approximate surface area is 71.7 Å². The van der Waals surface area contributed by atoms with E-state index in [9.17, 15) is 0 Å². The molecule has 0 aliphatic heterocycles. The first kappa shape index (κ1) is 8.53. The number of aromatic nitrogens is 1. The Bertz CT molecular complexity index is 391. The molecule has 2 nitrogen and oxygen atoms in total. The van der Waals surface area contributed by atoms with Gasteiger partial charge in [-0.25, -0.2) is 0 Å². The van der Waals surface area contributed by atoms with Crippen molar-refractivity contribution in [1.29, 1.82) is 0 Å². The lowest BCUT2D eigenvalue weighted by Gasteiger charge is -1.91. The predicted molar refractivity (Wildman–Crippen MR) is 51.5 cm³/mol. The molecule has 0 saturated carbocycles. The van der Waals surface area contributed by atoms with Gasteiger partial charge in [-0.1, -0.05) is 12.7 Å². The molecule has 0 fully saturated rings. The Hall–Kier alpha value is -1.57. The molecule has 0 aliphatic rings. The Morgan fingerprint density at radius 2 is 2.33 bits per heavy atom. The van der Waals surface area contributed by atoms with E-state index in [0.29, 0.717) is 0 Å². The van der Waals surface area contributed by atoms with Crippen molar-refractivity contribution in [2.24, 2.45) is 5.73 Å². The molecule has 0 unspecified atom stereocenters. The molecule has 0 spiro atoms. The predicted octanol–water partition coefficient (Wildman–Crippen LogP) is 0.0532. The van der Waals surface area contributed by atoms with E-state index in [1.807, 2.05) is 25.3 Å². The van der Waals surface area contributed by atoms with Gasteiger partial charge >= 0.3 is 0 Å². The summed E-state index contributed by atoms with van der Waals surface area (Å²) in [5.74, 6) is 0. The van der Waals surface area contributed by atoms with E-state index in [0.717, 1.165) is 16.1 Å². The molecule has 2 N–H and O–H groups in total. The Morgan fingerprint density at radius 1 is 1.58 bits per heavy atom. The summed E-state index contributed by atoms with van der Waals surface area (Å²) in [6.07, 6.45) is 6.89. The maximum Gasteiger partial charge on any atom is 0.0716 e. The van der Waals surface area contributed by atoms with Crippen LogP contribution >= 0.6 is 0 Å². The van der Waals surface area contributed by atoms with E-state index in [1.54, 1.807) is 12.3 Å². The normalized spacial score (nSPS) is 13.4. The maximum atomic E-state index is 5.43. The Morgan fingerprint density at radius 3 is 2.92 bits per heavy atom. The highest BCUT2D eigenvalue weighted by Crippen LogP contribution is 1.82. The molecule has 0 saturated heterocycles. The SMILES string of the molecule is C=C/C=c1/ncc(C)c/c1=C/N. The third kappa shape index (κ3) is 1.72. The number of nitrogens with zero attached hydrogens (tertiary/aromatic N) is 1. The molecule has 0 aromatic carbocycles. The Kier molecular flexibility index (Phi) is 2.64. The second kappa shape index (κ2) is 3.72. The monoisotopic (exact) mass is 160 g/mol. The fourth-order valence-electron chi connectivity index (χ4n) is 0.987. The first-order chi connectivity index (χ1) is 5.77. The van der Waals surface area contributed by atoms with Gasteiger partial charge < -0.3 is 5.73 Å². The second-order valence-corrected chi connectivity index (χ2v) is 2.56. The molecule has 0 amide bonds. The van der Waals surface area contributed by atoms with Crippen LogP contribution in [0.15, 0.2) is 24.9 Å². The van der Waals surface area contributed by atoms with Crippen molar-refractivity contribution < 1.29 is 0 Å². The number of rotatable bonds is 1. The van der Waals surface area contributed by atoms with Crippen LogP contribution in [-0.2, 0) is 0 Å². The fraction of sp³-hybridized carbons (Fsp3) is 0.100. The Balaban J connectivity index is 3.52. The first-order valence-electron chi connectivity index (χ1n) is 3.75. The van der Waals surface area contributed by atoms with Crippen LogP contribution in [0.1, 0.15) is 5.56 Å². The molecule has 1 heterocycles. The molecule has 2 heteroatoms. The summed E-state index contributed by atoms with van der Waals surface area (Å²) in [4.78, 5) is 4.20. The second-order valence-electron chi connectivity index (χ2n) is 2.56. The van der Waals surface area contributed by atoms with Gasteiger partial charge in [0.15, 0.2) is 0 Å². The van der Waals surface area contributed by atoms with Crippen LogP contribution in [0.25, 0.3) is 12.3 Å². The molecule has 0 atom stereocenters. The van der Waals surface area contributed by atoms with Crippen molar-refractivity contribution in [1.82, 2.24) is 4.98 Å². The van der Waals surface area contributed by atoms with Crippen molar-refractivity contribution in [2.75, 3.05) is 0 Å². The highest BCUT2D eigenvalue weighted by atomic mass is 14.6. The molecule has 0 aliphatic carbocycles. The van der Waals surface area contributed by atoms with E-state index in [1.165, 1.54) is 0 Å². The van der Waals surface area contributed by atoms with Crippen LogP contribution in [0.3, 0.4) is 0 Å². The van der Waals surface area contributed by atoms with Crippen molar-refractivity contribution in [3.63, 3.8) is 0 Å². The summed E-state index contributed by atoms with van der Waals surface area (Å²) < 4.78 is 0. The number of hydrogen-bond donors (Lipinski definition) is 1. The molecule has 1 rings (SSSR count). The van der Waals surface area contributed by atoms with Gasteiger partial charge in [-0.15, -0.1) is 0 Å². The van der Waals surface area contributed by atoms with Gasteiger partial charge in [-0.2, -0.15) is 0 Å². The number of aryl methyl sites for hydroxylation is 1. The third-order valence-electron chi connectivity index (χ3n) is 1.54. The van der Waals surface area contributed by atoms with E-state index < -0.39 is 0 Å². The van der Waals surface area contributed by atoms with Gasteiger partial charge in [-0.3, -0.25) is 4.98 Å². The lowest BCUT2D eigenvalue weighted by atomic mass is 10.2. The highest BCUT2D eigenvalue weighted by molar-refractivity contribution is 5.35. The highest BCUT2D eigenvalue weighted by Gasteiger charge is 1.86. The van der Waals surface area contributed by atoms with Crippen LogP contribution in [-0.4, -0.2) is 4.98 Å². The van der Waals surface area contributed by atoms with E-state index in [-0.39, 0.29) is 0 Å². The molecular weight excluding hydrogens is 148 g/mol. The molecular formula is C10H12N2. The van der Waals surface area contributed by atoms with Gasteiger partial charge in [0, 0.05) is 17.6 Å². The summed E-state index contributed by atoms with van der Waals surface area (Å²) in [6.45, 7) is 5.59. The van der Waals surface area contributed by atoms with Gasteiger partial charge in [0.05, 0.1) is 5.35 Å². The van der Waals surface area contributed by atoms with Gasteiger partial charge in [0.1, 0.15) is 0 Å². The molecule has 12 heavy (non-hydrogen) atoms. The van der Waals surface area contributed by atoms with Crippen LogP contribution in [0.4, 0.5) is 0 Å². The number of pyridine rings is 1. The number of hydrogen-bond acceptors (Lipinski definition) is 2. The molecule has 62 valence electrons. The summed E-state index contributed by atoms with van der Waals surface area (Å²) in [7, 11) is 0. The minimum atomic E-state index is 0.859. The molecule has 1 aromatic heterocycles. The average Bonchev–Trinajstić information content (AvgIpc) is 2.08. The molecule has 0 bridgehead atoms. The van der Waals surface area contributed by atoms with Crippen LogP contribution in [0, 0.1) is 6.92 Å². The summed E-state index contributed by atoms with van der Waals surface area (Å²) in [6, 6.07) is 1.99. The van der Waals surface area contributed by atoms with Crippen molar-refractivity contribution in [3.05, 3.63) is 41.0 Å². The lowest BCUT2D eigenvalue weighted by molar-refractivity contribution is 1.18. The quantitative estimate of drug-likeness (QED) is 0.630. The average molecular weight is 160 g/mol. The number of nitrogens with two attached hydrogens (primary N) is 1. The minimum absolute atomic E-state index is 0.859. The van der Waals surface area contributed by atoms with Crippen LogP contribution < -0.4 is 16.3 Å². The van der Waals surface area contributed by atoms with Crippen LogP contribution in [0.2, 0.25) is 0 Å². The standard InChI is InChI=1S/C10H12N2/c1-3-4-10-9(6-11)5-8(2)7-12-10/h3-7H,1,11H2,2H3/b9-6-,10-4+. The van der Waals surface area contributed by atoms with E-state index in [2.05, 4.69) is 11.6 Å². The minimum Gasteiger partial charge on any atom is -0.404 e. The van der Waals surface area contributed by atoms with Crippen LogP contribution in [0.5, 0.6) is 0 Å². The fourth-order valence-corrected chi connectivity index (χ4v) is 0.987. The summed E-state index contributed by atoms with van der Waals surface area (Å²) in [5, 5.41) is 1.80. The smallest absolute Gasteiger partial charge is 0.0716 e. The van der Waals surface area contributed by atoms with Crippen molar-refractivity contribution in [3.8, 4) is 0 Å². The lowest BCUT2D eigenvalue weighted by Crippen LogP contribution is -2.29. The van der Waals surface area contributed by atoms with Gasteiger partial charge in [0.2, 0.25) is 0 Å². The summed E-state index contributed by atoms with van der Waals surface area (Å²) >= 11 is 0. The topological polar surface area (TPSA) is 38.9 Å². The van der Waals surface area contributed by atoms with Gasteiger partial charge in [0.25, 0.3) is 0 Å². The van der Waals surface area contributed by atoms with Gasteiger partial charge in [-0.05, 0) is 24.6 Å². The summed E-state index contributed by atoms with van der Waals surface area (Å²) in [5.41, 5.74) is 6.54. The zero-order valence-electron chi connectivity index (χ0n) is 7.12. The molecule has 0 radical (unpaired) electrons. The third-order valence-corrected chi connectivity index (χ3v) is 1.54.